The fourth-order valence-electron chi connectivity index (χ4n) is 3.29. The standard InChI is InChI=1S/C25H17FN6OS2/c26-24-6-3-17(14-31-24)21-11-20(16-2-1-7-28-13-16)23(15-30-21)33-22-5-4-19(10-18(22)12-27)35-32-25-29-8-9-34-25/h1-11,13-15,25,29,32H. The van der Waals surface area contributed by atoms with E-state index in [9.17, 15) is 9.65 Å². The molecule has 1 aromatic carbocycles. The minimum atomic E-state index is -0.558. The Balaban J connectivity index is 1.45. The predicted octanol–water partition coefficient (Wildman–Crippen LogP) is 5.70. The first-order chi connectivity index (χ1) is 17.2. The predicted molar refractivity (Wildman–Crippen MR) is 135 cm³/mol. The van der Waals surface area contributed by atoms with Crippen molar-refractivity contribution < 1.29 is 9.13 Å². The fraction of sp³-hybridized carbons (Fsp3) is 0.0400. The number of nitrogens with zero attached hydrogens (tertiary/aromatic N) is 4. The summed E-state index contributed by atoms with van der Waals surface area (Å²) in [5.74, 6) is 0.316. The summed E-state index contributed by atoms with van der Waals surface area (Å²) >= 11 is 3.06. The van der Waals surface area contributed by atoms with E-state index in [2.05, 4.69) is 31.1 Å². The van der Waals surface area contributed by atoms with E-state index in [1.807, 2.05) is 35.9 Å². The van der Waals surface area contributed by atoms with Crippen LogP contribution in [-0.2, 0) is 0 Å². The molecule has 1 aliphatic rings. The number of benzene rings is 1. The molecule has 3 aromatic heterocycles. The summed E-state index contributed by atoms with van der Waals surface area (Å²) in [6, 6.07) is 16.1. The molecule has 4 aromatic rings. The Kier molecular flexibility index (Phi) is 6.90. The zero-order valence-electron chi connectivity index (χ0n) is 18.1. The van der Waals surface area contributed by atoms with Gasteiger partial charge in [0.25, 0.3) is 0 Å². The van der Waals surface area contributed by atoms with Gasteiger partial charge in [-0.2, -0.15) is 9.65 Å². The van der Waals surface area contributed by atoms with E-state index in [0.29, 0.717) is 28.3 Å². The summed E-state index contributed by atoms with van der Waals surface area (Å²) < 4.78 is 22.8. The first-order valence-corrected chi connectivity index (χ1v) is 12.2. The monoisotopic (exact) mass is 500 g/mol. The number of ether oxygens (including phenoxy) is 1. The minimum Gasteiger partial charge on any atom is -0.454 e. The van der Waals surface area contributed by atoms with Crippen LogP contribution in [0.2, 0.25) is 0 Å². The molecule has 0 fully saturated rings. The van der Waals surface area contributed by atoms with E-state index in [0.717, 1.165) is 16.0 Å². The van der Waals surface area contributed by atoms with E-state index in [1.165, 1.54) is 24.2 Å². The lowest BCUT2D eigenvalue weighted by atomic mass is 10.0. The third-order valence-electron chi connectivity index (χ3n) is 4.97. The van der Waals surface area contributed by atoms with Crippen LogP contribution >= 0.6 is 23.7 Å². The van der Waals surface area contributed by atoms with Crippen molar-refractivity contribution >= 4 is 23.7 Å². The molecule has 0 aliphatic carbocycles. The molecule has 7 nitrogen and oxygen atoms in total. The lowest BCUT2D eigenvalue weighted by molar-refractivity contribution is 0.480. The molecule has 172 valence electrons. The van der Waals surface area contributed by atoms with Crippen LogP contribution in [0.25, 0.3) is 22.4 Å². The van der Waals surface area contributed by atoms with Crippen LogP contribution in [0, 0.1) is 17.3 Å². The molecule has 10 heteroatoms. The van der Waals surface area contributed by atoms with Gasteiger partial charge in [0.05, 0.1) is 17.5 Å². The van der Waals surface area contributed by atoms with Crippen molar-refractivity contribution in [3.63, 3.8) is 0 Å². The number of hydrogen-bond acceptors (Lipinski definition) is 9. The summed E-state index contributed by atoms with van der Waals surface area (Å²) in [6.45, 7) is 0. The summed E-state index contributed by atoms with van der Waals surface area (Å²) in [5.41, 5.74) is 3.28. The first kappa shape index (κ1) is 22.9. The zero-order valence-corrected chi connectivity index (χ0v) is 19.7. The van der Waals surface area contributed by atoms with Gasteiger partial charge < -0.3 is 10.1 Å². The van der Waals surface area contributed by atoms with Gasteiger partial charge in [0.2, 0.25) is 5.95 Å². The van der Waals surface area contributed by atoms with E-state index in [1.54, 1.807) is 48.6 Å². The fourth-order valence-corrected chi connectivity index (χ4v) is 4.75. The zero-order chi connectivity index (χ0) is 24.0. The average Bonchev–Trinajstić information content (AvgIpc) is 3.43. The second-order valence-corrected chi connectivity index (χ2v) is 9.18. The van der Waals surface area contributed by atoms with Gasteiger partial charge in [0, 0.05) is 46.4 Å². The second-order valence-electron chi connectivity index (χ2n) is 7.25. The van der Waals surface area contributed by atoms with Crippen LogP contribution in [0.4, 0.5) is 4.39 Å². The quantitative estimate of drug-likeness (QED) is 0.245. The summed E-state index contributed by atoms with van der Waals surface area (Å²) in [6.07, 6.45) is 8.30. The maximum atomic E-state index is 13.3. The molecule has 0 saturated carbocycles. The smallest absolute Gasteiger partial charge is 0.212 e. The Bertz CT molecular complexity index is 1400. The molecular weight excluding hydrogens is 483 g/mol. The van der Waals surface area contributed by atoms with Crippen LogP contribution < -0.4 is 14.8 Å². The van der Waals surface area contributed by atoms with Crippen LogP contribution in [0.1, 0.15) is 5.56 Å². The van der Waals surface area contributed by atoms with Crippen molar-refractivity contribution in [3.8, 4) is 40.0 Å². The van der Waals surface area contributed by atoms with Crippen molar-refractivity contribution in [2.24, 2.45) is 0 Å². The van der Waals surface area contributed by atoms with E-state index >= 15 is 0 Å². The molecular formula is C25H17FN6OS2. The van der Waals surface area contributed by atoms with Crippen molar-refractivity contribution in [1.82, 2.24) is 25.0 Å². The van der Waals surface area contributed by atoms with E-state index in [4.69, 9.17) is 4.74 Å². The van der Waals surface area contributed by atoms with E-state index < -0.39 is 5.95 Å². The van der Waals surface area contributed by atoms with Gasteiger partial charge in [-0.15, -0.1) is 0 Å². The molecule has 0 bridgehead atoms. The Morgan fingerprint density at radius 2 is 2.00 bits per heavy atom. The summed E-state index contributed by atoms with van der Waals surface area (Å²) in [4.78, 5) is 13.3. The molecule has 35 heavy (non-hydrogen) atoms. The number of nitriles is 1. The first-order valence-electron chi connectivity index (χ1n) is 10.4. The molecule has 1 aliphatic heterocycles. The topological polar surface area (TPSA) is 95.8 Å². The van der Waals surface area contributed by atoms with Gasteiger partial charge in [0.1, 0.15) is 17.3 Å². The highest BCUT2D eigenvalue weighted by Gasteiger charge is 2.15. The summed E-state index contributed by atoms with van der Waals surface area (Å²) in [5, 5.41) is 14.9. The minimum absolute atomic E-state index is 0.0735. The number of thioether (sulfide) groups is 1. The number of halogens is 1. The van der Waals surface area contributed by atoms with Gasteiger partial charge in [-0.05, 0) is 59.8 Å². The SMILES string of the molecule is N#Cc1cc(SNC2NC=CS2)ccc1Oc1cnc(-c2ccc(F)nc2)cc1-c1cccnc1. The lowest BCUT2D eigenvalue weighted by Gasteiger charge is -2.15. The second kappa shape index (κ2) is 10.6. The molecule has 0 spiro atoms. The van der Waals surface area contributed by atoms with Crippen molar-refractivity contribution in [2.75, 3.05) is 0 Å². The Hall–Kier alpha value is -3.91. The number of pyridine rings is 3. The van der Waals surface area contributed by atoms with Gasteiger partial charge in [0.15, 0.2) is 5.75 Å². The number of rotatable bonds is 7. The van der Waals surface area contributed by atoms with Gasteiger partial charge in [-0.25, -0.2) is 9.71 Å². The van der Waals surface area contributed by atoms with Crippen molar-refractivity contribution in [1.29, 1.82) is 5.26 Å². The molecule has 2 N–H and O–H groups in total. The van der Waals surface area contributed by atoms with Crippen LogP contribution in [0.3, 0.4) is 0 Å². The molecule has 4 heterocycles. The van der Waals surface area contributed by atoms with Gasteiger partial charge in [-0.3, -0.25) is 9.97 Å². The Labute approximate surface area is 209 Å². The number of hydrogen-bond donors (Lipinski definition) is 2. The molecule has 5 rings (SSSR count). The van der Waals surface area contributed by atoms with E-state index in [-0.39, 0.29) is 5.50 Å². The molecule has 1 unspecified atom stereocenters. The van der Waals surface area contributed by atoms with Crippen molar-refractivity contribution in [2.45, 2.75) is 10.4 Å². The van der Waals surface area contributed by atoms with Gasteiger partial charge >= 0.3 is 0 Å². The Morgan fingerprint density at radius 3 is 2.74 bits per heavy atom. The van der Waals surface area contributed by atoms with Gasteiger partial charge in [-0.1, -0.05) is 17.8 Å². The average molecular weight is 501 g/mol. The van der Waals surface area contributed by atoms with Crippen LogP contribution in [0.15, 0.2) is 89.8 Å². The van der Waals surface area contributed by atoms with Crippen molar-refractivity contribution in [3.05, 3.63) is 96.4 Å². The largest absolute Gasteiger partial charge is 0.454 e. The Morgan fingerprint density at radius 1 is 1.06 bits per heavy atom. The maximum absolute atomic E-state index is 13.3. The normalized spacial score (nSPS) is 14.3. The molecule has 0 radical (unpaired) electrons. The lowest BCUT2D eigenvalue weighted by Crippen LogP contribution is -2.28. The maximum Gasteiger partial charge on any atom is 0.212 e. The highest BCUT2D eigenvalue weighted by atomic mass is 32.2. The summed E-state index contributed by atoms with van der Waals surface area (Å²) in [7, 11) is 0. The number of aromatic nitrogens is 3. The van der Waals surface area contributed by atoms with Crippen LogP contribution in [0.5, 0.6) is 11.5 Å². The molecule has 0 saturated heterocycles. The third kappa shape index (κ3) is 5.44. The number of nitrogens with one attached hydrogen (secondary N) is 2. The van der Waals surface area contributed by atoms with Crippen LogP contribution in [-0.4, -0.2) is 20.4 Å². The molecule has 0 amide bonds. The molecule has 1 atom stereocenters. The third-order valence-corrected chi connectivity index (χ3v) is 6.78. The highest BCUT2D eigenvalue weighted by molar-refractivity contribution is 8.04. The highest BCUT2D eigenvalue weighted by Crippen LogP contribution is 2.37.